The van der Waals surface area contributed by atoms with Gasteiger partial charge in [0.2, 0.25) is 5.76 Å². The Morgan fingerprint density at radius 1 is 1.00 bits per heavy atom. The normalized spacial score (nSPS) is 10.6. The lowest BCUT2D eigenvalue weighted by atomic mass is 10.1. The van der Waals surface area contributed by atoms with E-state index in [1.165, 1.54) is 7.11 Å². The fourth-order valence-electron chi connectivity index (χ4n) is 2.96. The average molecular weight is 398 g/mol. The summed E-state index contributed by atoms with van der Waals surface area (Å²) < 4.78 is 26.6. The predicted octanol–water partition coefficient (Wildman–Crippen LogP) is 3.91. The molecule has 0 saturated heterocycles. The van der Waals surface area contributed by atoms with Crippen molar-refractivity contribution in [3.8, 4) is 11.5 Å². The molecule has 0 fully saturated rings. The van der Waals surface area contributed by atoms with Crippen molar-refractivity contribution in [2.75, 3.05) is 20.8 Å². The highest BCUT2D eigenvalue weighted by Crippen LogP contribution is 2.28. The van der Waals surface area contributed by atoms with Crippen LogP contribution in [0.15, 0.2) is 46.9 Å². The number of carbonyl (C=O) groups excluding carboxylic acids is 2. The topological polar surface area (TPSA) is 84.2 Å². The van der Waals surface area contributed by atoms with Crippen LogP contribution < -0.4 is 9.47 Å². The second-order valence-electron chi connectivity index (χ2n) is 6.14. The number of ether oxygens (including phenoxy) is 4. The fourth-order valence-corrected chi connectivity index (χ4v) is 2.96. The zero-order valence-electron chi connectivity index (χ0n) is 16.5. The number of rotatable bonds is 8. The molecule has 0 spiro atoms. The van der Waals surface area contributed by atoms with Crippen LogP contribution in [-0.2, 0) is 27.3 Å². The van der Waals surface area contributed by atoms with Crippen molar-refractivity contribution in [2.45, 2.75) is 20.0 Å². The van der Waals surface area contributed by atoms with Gasteiger partial charge in [-0.3, -0.25) is 4.79 Å². The third-order valence-electron chi connectivity index (χ3n) is 4.37. The second kappa shape index (κ2) is 9.14. The van der Waals surface area contributed by atoms with Gasteiger partial charge in [-0.25, -0.2) is 4.79 Å². The van der Waals surface area contributed by atoms with Gasteiger partial charge in [0, 0.05) is 17.0 Å². The van der Waals surface area contributed by atoms with Crippen LogP contribution in [0.1, 0.15) is 28.6 Å². The van der Waals surface area contributed by atoms with Crippen LogP contribution in [0, 0.1) is 0 Å². The molecule has 0 bridgehead atoms. The second-order valence-corrected chi connectivity index (χ2v) is 6.14. The number of fused-ring (bicyclic) bond motifs is 1. The highest BCUT2D eigenvalue weighted by Gasteiger charge is 2.23. The minimum Gasteiger partial charge on any atom is -0.497 e. The SMILES string of the molecule is CCOC(=O)c1oc2ccccc2c1COC(=O)Cc1ccc(OC)cc1OC. The molecule has 29 heavy (non-hydrogen) atoms. The maximum absolute atomic E-state index is 12.4. The highest BCUT2D eigenvalue weighted by molar-refractivity contribution is 5.96. The summed E-state index contributed by atoms with van der Waals surface area (Å²) in [7, 11) is 3.08. The van der Waals surface area contributed by atoms with E-state index in [1.54, 1.807) is 50.4 Å². The molecule has 3 aromatic rings. The predicted molar refractivity (Wildman–Crippen MR) is 105 cm³/mol. The molecule has 0 saturated carbocycles. The van der Waals surface area contributed by atoms with Gasteiger partial charge in [-0.15, -0.1) is 0 Å². The molecule has 2 aromatic carbocycles. The minimum atomic E-state index is -0.591. The van der Waals surface area contributed by atoms with Crippen LogP contribution in [0.25, 0.3) is 11.0 Å². The Morgan fingerprint density at radius 2 is 1.79 bits per heavy atom. The lowest BCUT2D eigenvalue weighted by molar-refractivity contribution is -0.144. The zero-order valence-corrected chi connectivity index (χ0v) is 16.5. The number of furan rings is 1. The molecule has 0 N–H and O–H groups in total. The summed E-state index contributed by atoms with van der Waals surface area (Å²) in [6.07, 6.45) is 0.0116. The van der Waals surface area contributed by atoms with Gasteiger partial charge < -0.3 is 23.4 Å². The maximum Gasteiger partial charge on any atom is 0.374 e. The molecular weight excluding hydrogens is 376 g/mol. The average Bonchev–Trinajstić information content (AvgIpc) is 3.11. The van der Waals surface area contributed by atoms with Crippen molar-refractivity contribution in [1.29, 1.82) is 0 Å². The van der Waals surface area contributed by atoms with Crippen molar-refractivity contribution in [3.05, 3.63) is 59.4 Å². The van der Waals surface area contributed by atoms with Gasteiger partial charge in [0.15, 0.2) is 0 Å². The van der Waals surface area contributed by atoms with Crippen LogP contribution in [0.4, 0.5) is 0 Å². The van der Waals surface area contributed by atoms with Crippen LogP contribution in [0.3, 0.4) is 0 Å². The zero-order chi connectivity index (χ0) is 20.8. The molecule has 1 heterocycles. The van der Waals surface area contributed by atoms with E-state index in [4.69, 9.17) is 23.4 Å². The van der Waals surface area contributed by atoms with E-state index >= 15 is 0 Å². The molecule has 152 valence electrons. The molecule has 0 aliphatic heterocycles. The lowest BCUT2D eigenvalue weighted by Crippen LogP contribution is -2.11. The quantitative estimate of drug-likeness (QED) is 0.532. The Morgan fingerprint density at radius 3 is 2.52 bits per heavy atom. The van der Waals surface area contributed by atoms with Crippen LogP contribution >= 0.6 is 0 Å². The van der Waals surface area contributed by atoms with Crippen LogP contribution in [0.5, 0.6) is 11.5 Å². The van der Waals surface area contributed by atoms with E-state index in [0.29, 0.717) is 33.6 Å². The first-order chi connectivity index (χ1) is 14.1. The first-order valence-electron chi connectivity index (χ1n) is 9.11. The summed E-state index contributed by atoms with van der Waals surface area (Å²) in [5.74, 6) is 0.146. The molecule has 7 nitrogen and oxygen atoms in total. The minimum absolute atomic E-state index is 0.0116. The van der Waals surface area contributed by atoms with E-state index < -0.39 is 11.9 Å². The van der Waals surface area contributed by atoms with Crippen molar-refractivity contribution >= 4 is 22.9 Å². The molecule has 0 atom stereocenters. The smallest absolute Gasteiger partial charge is 0.374 e. The van der Waals surface area contributed by atoms with E-state index in [9.17, 15) is 9.59 Å². The van der Waals surface area contributed by atoms with Crippen LogP contribution in [0.2, 0.25) is 0 Å². The molecule has 3 rings (SSSR count). The molecule has 0 radical (unpaired) electrons. The third-order valence-corrected chi connectivity index (χ3v) is 4.37. The summed E-state index contributed by atoms with van der Waals surface area (Å²) in [6.45, 7) is 1.82. The monoisotopic (exact) mass is 398 g/mol. The van der Waals surface area contributed by atoms with Gasteiger partial charge >= 0.3 is 11.9 Å². The van der Waals surface area contributed by atoms with Gasteiger partial charge in [-0.05, 0) is 19.1 Å². The Kier molecular flexibility index (Phi) is 6.39. The number of hydrogen-bond acceptors (Lipinski definition) is 7. The standard InChI is InChI=1S/C22H22O7/c1-4-27-22(24)21-17(16-7-5-6-8-18(16)29-21)13-28-20(23)11-14-9-10-15(25-2)12-19(14)26-3/h5-10,12H,4,11,13H2,1-3H3. The van der Waals surface area contributed by atoms with E-state index in [0.717, 1.165) is 0 Å². The number of esters is 2. The Balaban J connectivity index is 1.77. The third kappa shape index (κ3) is 4.51. The Bertz CT molecular complexity index is 1020. The van der Waals surface area contributed by atoms with Crippen LogP contribution in [-0.4, -0.2) is 32.8 Å². The van der Waals surface area contributed by atoms with E-state index in [-0.39, 0.29) is 25.4 Å². The Labute approximate surface area is 168 Å². The Hall–Kier alpha value is -3.48. The number of hydrogen-bond donors (Lipinski definition) is 0. The van der Waals surface area contributed by atoms with E-state index in [2.05, 4.69) is 0 Å². The van der Waals surface area contributed by atoms with Gasteiger partial charge in [-0.2, -0.15) is 0 Å². The largest absolute Gasteiger partial charge is 0.497 e. The van der Waals surface area contributed by atoms with Crippen molar-refractivity contribution < 1.29 is 33.0 Å². The van der Waals surface area contributed by atoms with Gasteiger partial charge in [0.05, 0.1) is 32.8 Å². The molecule has 0 aliphatic carbocycles. The summed E-state index contributed by atoms with van der Waals surface area (Å²) >= 11 is 0. The van der Waals surface area contributed by atoms with E-state index in [1.807, 2.05) is 6.07 Å². The van der Waals surface area contributed by atoms with Gasteiger partial charge in [0.1, 0.15) is 23.7 Å². The molecule has 0 aliphatic rings. The first kappa shape index (κ1) is 20.3. The maximum atomic E-state index is 12.4. The number of para-hydroxylation sites is 1. The van der Waals surface area contributed by atoms with Crippen molar-refractivity contribution in [3.63, 3.8) is 0 Å². The highest BCUT2D eigenvalue weighted by atomic mass is 16.5. The summed E-state index contributed by atoms with van der Waals surface area (Å²) in [6, 6.07) is 12.4. The fraction of sp³-hybridized carbons (Fsp3) is 0.273. The van der Waals surface area contributed by atoms with Crippen molar-refractivity contribution in [1.82, 2.24) is 0 Å². The van der Waals surface area contributed by atoms with Crippen molar-refractivity contribution in [2.24, 2.45) is 0 Å². The molecular formula is C22H22O7. The van der Waals surface area contributed by atoms with Gasteiger partial charge in [0.25, 0.3) is 0 Å². The molecule has 1 aromatic heterocycles. The summed E-state index contributed by atoms with van der Waals surface area (Å²) in [4.78, 5) is 24.6. The molecule has 0 unspecified atom stereocenters. The lowest BCUT2D eigenvalue weighted by Gasteiger charge is -2.10. The summed E-state index contributed by atoms with van der Waals surface area (Å²) in [5.41, 5.74) is 1.67. The molecule has 7 heteroatoms. The number of carbonyl (C=O) groups is 2. The number of methoxy groups -OCH3 is 2. The number of benzene rings is 2. The first-order valence-corrected chi connectivity index (χ1v) is 9.11. The van der Waals surface area contributed by atoms with Gasteiger partial charge in [-0.1, -0.05) is 24.3 Å². The summed E-state index contributed by atoms with van der Waals surface area (Å²) in [5, 5.41) is 0.699. The molecule has 0 amide bonds.